The van der Waals surface area contributed by atoms with E-state index in [4.69, 9.17) is 5.26 Å². The number of carbonyl (C=O) groups excluding carboxylic acids is 1. The van der Waals surface area contributed by atoms with Crippen molar-refractivity contribution in [3.8, 4) is 6.07 Å². The number of amides is 1. The maximum atomic E-state index is 12.4. The van der Waals surface area contributed by atoms with Crippen LogP contribution in [0.2, 0.25) is 0 Å². The van der Waals surface area contributed by atoms with Crippen molar-refractivity contribution < 1.29 is 4.79 Å². The lowest BCUT2D eigenvalue weighted by Gasteiger charge is -2.21. The topological polar surface area (TPSA) is 69.9 Å². The average Bonchev–Trinajstić information content (AvgIpc) is 2.92. The molecule has 0 aliphatic heterocycles. The minimum Gasteiger partial charge on any atom is -0.311 e. The van der Waals surface area contributed by atoms with Gasteiger partial charge in [-0.05, 0) is 19.1 Å². The number of nitrogens with zero attached hydrogens (tertiary/aromatic N) is 4. The predicted octanol–water partition coefficient (Wildman–Crippen LogP) is 2.89. The molecule has 0 saturated carbocycles. The number of hydrogen-bond donors (Lipinski definition) is 0. The third-order valence-corrected chi connectivity index (χ3v) is 4.60. The zero-order chi connectivity index (χ0) is 15.1. The van der Waals surface area contributed by atoms with Gasteiger partial charge in [0.2, 0.25) is 5.91 Å². The molecule has 0 unspecified atom stereocenters. The fraction of sp³-hybridized carbons (Fsp3) is 0.286. The Morgan fingerprint density at radius 1 is 1.38 bits per heavy atom. The summed E-state index contributed by atoms with van der Waals surface area (Å²) >= 11 is 2.85. The van der Waals surface area contributed by atoms with E-state index in [1.54, 1.807) is 4.90 Å². The van der Waals surface area contributed by atoms with Crippen molar-refractivity contribution in [2.45, 2.75) is 17.7 Å². The van der Waals surface area contributed by atoms with E-state index in [0.29, 0.717) is 13.0 Å². The number of aryl methyl sites for hydroxylation is 1. The Balaban J connectivity index is 2.02. The summed E-state index contributed by atoms with van der Waals surface area (Å²) < 4.78 is 0.786. The number of rotatable bonds is 6. The molecule has 7 heteroatoms. The van der Waals surface area contributed by atoms with Crippen LogP contribution in [0.5, 0.6) is 0 Å². The van der Waals surface area contributed by atoms with Crippen LogP contribution >= 0.6 is 23.1 Å². The van der Waals surface area contributed by atoms with Crippen molar-refractivity contribution in [3.63, 3.8) is 0 Å². The fourth-order valence-electron chi connectivity index (χ4n) is 1.71. The zero-order valence-electron chi connectivity index (χ0n) is 11.5. The second-order valence-electron chi connectivity index (χ2n) is 4.16. The summed E-state index contributed by atoms with van der Waals surface area (Å²) in [7, 11) is 0. The quantitative estimate of drug-likeness (QED) is 0.766. The van der Waals surface area contributed by atoms with Crippen LogP contribution in [0.3, 0.4) is 0 Å². The van der Waals surface area contributed by atoms with Crippen molar-refractivity contribution in [2.75, 3.05) is 17.2 Å². The Morgan fingerprint density at radius 3 is 2.76 bits per heavy atom. The van der Waals surface area contributed by atoms with Gasteiger partial charge in [-0.15, -0.1) is 10.2 Å². The molecule has 1 aromatic heterocycles. The molecule has 0 saturated heterocycles. The fourth-order valence-corrected chi connectivity index (χ4v) is 3.40. The van der Waals surface area contributed by atoms with E-state index in [1.807, 2.05) is 37.3 Å². The van der Waals surface area contributed by atoms with Crippen molar-refractivity contribution in [1.82, 2.24) is 10.2 Å². The molecule has 0 bridgehead atoms. The van der Waals surface area contributed by atoms with E-state index in [9.17, 15) is 4.79 Å². The van der Waals surface area contributed by atoms with Crippen molar-refractivity contribution in [3.05, 3.63) is 35.3 Å². The van der Waals surface area contributed by atoms with Crippen LogP contribution in [-0.4, -0.2) is 28.4 Å². The minimum atomic E-state index is -0.0331. The summed E-state index contributed by atoms with van der Waals surface area (Å²) in [6.45, 7) is 2.28. The summed E-state index contributed by atoms with van der Waals surface area (Å²) in [5, 5.41) is 17.5. The van der Waals surface area contributed by atoms with Crippen LogP contribution in [0.25, 0.3) is 0 Å². The molecule has 2 rings (SSSR count). The highest BCUT2D eigenvalue weighted by molar-refractivity contribution is 8.01. The Labute approximate surface area is 131 Å². The van der Waals surface area contributed by atoms with Gasteiger partial charge in [-0.3, -0.25) is 4.79 Å². The molecule has 0 N–H and O–H groups in total. The van der Waals surface area contributed by atoms with Crippen LogP contribution in [0.1, 0.15) is 11.4 Å². The summed E-state index contributed by atoms with van der Waals surface area (Å²) in [6, 6.07) is 11.5. The Kier molecular flexibility index (Phi) is 5.72. The Bertz CT molecular complexity index is 636. The number of thioether (sulfide) groups is 1. The maximum absolute atomic E-state index is 12.4. The second-order valence-corrected chi connectivity index (χ2v) is 6.57. The number of aromatic nitrogens is 2. The third-order valence-electron chi connectivity index (χ3n) is 2.64. The van der Waals surface area contributed by atoms with Crippen LogP contribution in [0, 0.1) is 18.3 Å². The molecule has 1 amide bonds. The van der Waals surface area contributed by atoms with Crippen LogP contribution in [0.15, 0.2) is 34.7 Å². The van der Waals surface area contributed by atoms with Gasteiger partial charge in [0.25, 0.3) is 0 Å². The van der Waals surface area contributed by atoms with Crippen molar-refractivity contribution in [2.24, 2.45) is 0 Å². The lowest BCUT2D eigenvalue weighted by Crippen LogP contribution is -2.33. The molecule has 0 atom stereocenters. The highest BCUT2D eigenvalue weighted by atomic mass is 32.2. The SMILES string of the molecule is Cc1nnc(SCC(=O)N(CCC#N)c2ccccc2)s1. The molecule has 1 heterocycles. The van der Waals surface area contributed by atoms with Crippen LogP contribution in [-0.2, 0) is 4.79 Å². The normalized spacial score (nSPS) is 10.1. The van der Waals surface area contributed by atoms with E-state index < -0.39 is 0 Å². The van der Waals surface area contributed by atoms with Gasteiger partial charge >= 0.3 is 0 Å². The number of carbonyl (C=O) groups is 1. The van der Waals surface area contributed by atoms with Gasteiger partial charge in [0, 0.05) is 12.2 Å². The third kappa shape index (κ3) is 4.55. The predicted molar refractivity (Wildman–Crippen MR) is 84.4 cm³/mol. The molecule has 1 aromatic carbocycles. The standard InChI is InChI=1S/C14H14N4OS2/c1-11-16-17-14(21-11)20-10-13(19)18(9-5-8-15)12-6-3-2-4-7-12/h2-4,6-7H,5,9-10H2,1H3. The molecular formula is C14H14N4OS2. The van der Waals surface area contributed by atoms with E-state index in [2.05, 4.69) is 16.3 Å². The molecular weight excluding hydrogens is 304 g/mol. The first kappa shape index (κ1) is 15.5. The summed E-state index contributed by atoms with van der Waals surface area (Å²) in [4.78, 5) is 14.0. The lowest BCUT2D eigenvalue weighted by molar-refractivity contribution is -0.116. The van der Waals surface area contributed by atoms with E-state index >= 15 is 0 Å². The number of benzene rings is 1. The molecule has 5 nitrogen and oxygen atoms in total. The molecule has 0 spiro atoms. The van der Waals surface area contributed by atoms with Gasteiger partial charge in [0.15, 0.2) is 4.34 Å². The summed E-state index contributed by atoms with van der Waals surface area (Å²) in [5.41, 5.74) is 0.812. The molecule has 0 fully saturated rings. The first-order valence-electron chi connectivity index (χ1n) is 6.36. The average molecular weight is 318 g/mol. The zero-order valence-corrected chi connectivity index (χ0v) is 13.2. The number of nitriles is 1. The van der Waals surface area contributed by atoms with Gasteiger partial charge < -0.3 is 4.90 Å². The molecule has 108 valence electrons. The second kappa shape index (κ2) is 7.76. The van der Waals surface area contributed by atoms with Crippen LogP contribution in [0.4, 0.5) is 5.69 Å². The highest BCUT2D eigenvalue weighted by Gasteiger charge is 2.16. The van der Waals surface area contributed by atoms with Gasteiger partial charge in [0.1, 0.15) is 5.01 Å². The van der Waals surface area contributed by atoms with Crippen LogP contribution < -0.4 is 4.90 Å². The minimum absolute atomic E-state index is 0.0331. The summed E-state index contributed by atoms with van der Waals surface area (Å²) in [6.07, 6.45) is 0.309. The molecule has 2 aromatic rings. The van der Waals surface area contributed by atoms with E-state index in [1.165, 1.54) is 23.1 Å². The Hall–Kier alpha value is -1.91. The Morgan fingerprint density at radius 2 is 2.14 bits per heavy atom. The van der Waals surface area contributed by atoms with Crippen molar-refractivity contribution in [1.29, 1.82) is 5.26 Å². The number of hydrogen-bond acceptors (Lipinski definition) is 6. The largest absolute Gasteiger partial charge is 0.311 e. The van der Waals surface area contributed by atoms with Gasteiger partial charge in [0.05, 0.1) is 18.2 Å². The smallest absolute Gasteiger partial charge is 0.237 e. The molecule has 0 aliphatic carbocycles. The lowest BCUT2D eigenvalue weighted by atomic mass is 10.2. The van der Waals surface area contributed by atoms with Gasteiger partial charge in [-0.25, -0.2) is 0 Å². The number of para-hydroxylation sites is 1. The van der Waals surface area contributed by atoms with E-state index in [-0.39, 0.29) is 11.7 Å². The molecule has 0 aliphatic rings. The summed E-state index contributed by atoms with van der Waals surface area (Å²) in [5.74, 6) is 0.254. The first-order chi connectivity index (χ1) is 10.2. The van der Waals surface area contributed by atoms with Crippen molar-refractivity contribution >= 4 is 34.7 Å². The first-order valence-corrected chi connectivity index (χ1v) is 8.16. The molecule has 21 heavy (non-hydrogen) atoms. The maximum Gasteiger partial charge on any atom is 0.237 e. The van der Waals surface area contributed by atoms with Gasteiger partial charge in [-0.1, -0.05) is 41.3 Å². The molecule has 0 radical (unpaired) electrons. The number of anilines is 1. The van der Waals surface area contributed by atoms with E-state index in [0.717, 1.165) is 15.0 Å². The van der Waals surface area contributed by atoms with Gasteiger partial charge in [-0.2, -0.15) is 5.26 Å². The monoisotopic (exact) mass is 318 g/mol. The highest BCUT2D eigenvalue weighted by Crippen LogP contribution is 2.23.